The number of carbonyl (C=O) groups excluding carboxylic acids is 2. The molecule has 2 amide bonds. The van der Waals surface area contributed by atoms with E-state index in [0.29, 0.717) is 24.2 Å². The number of benzene rings is 2. The van der Waals surface area contributed by atoms with Crippen molar-refractivity contribution < 1.29 is 9.59 Å². The van der Waals surface area contributed by atoms with E-state index in [1.54, 1.807) is 24.7 Å². The molecule has 1 aliphatic heterocycles. The van der Waals surface area contributed by atoms with E-state index in [1.807, 2.05) is 58.1 Å². The van der Waals surface area contributed by atoms with Crippen molar-refractivity contribution in [2.24, 2.45) is 0 Å². The van der Waals surface area contributed by atoms with Gasteiger partial charge in [0.25, 0.3) is 11.8 Å². The number of imidazole rings is 1. The van der Waals surface area contributed by atoms with Gasteiger partial charge in [-0.25, -0.2) is 4.98 Å². The quantitative estimate of drug-likeness (QED) is 0.764. The van der Waals surface area contributed by atoms with Crippen molar-refractivity contribution in [1.29, 1.82) is 0 Å². The Hall–Kier alpha value is -3.41. The number of rotatable bonds is 4. The molecule has 0 spiro atoms. The molecule has 0 unspecified atom stereocenters. The van der Waals surface area contributed by atoms with Crippen LogP contribution in [0.1, 0.15) is 33.6 Å². The van der Waals surface area contributed by atoms with Crippen LogP contribution in [0.4, 0.5) is 0 Å². The molecule has 3 aromatic rings. The fraction of sp³-hybridized carbons (Fsp3) is 0.227. The van der Waals surface area contributed by atoms with Gasteiger partial charge in [-0.1, -0.05) is 18.2 Å². The lowest BCUT2D eigenvalue weighted by Crippen LogP contribution is -2.46. The number of likely N-dealkylation sites (tertiary alicyclic amines) is 1. The van der Waals surface area contributed by atoms with Crippen molar-refractivity contribution in [1.82, 2.24) is 19.8 Å². The second-order valence-corrected chi connectivity index (χ2v) is 6.92. The van der Waals surface area contributed by atoms with Gasteiger partial charge in [0.1, 0.15) is 0 Å². The molecule has 4 rings (SSSR count). The summed E-state index contributed by atoms with van der Waals surface area (Å²) in [6.07, 6.45) is 6.84. The van der Waals surface area contributed by atoms with Gasteiger partial charge < -0.3 is 14.8 Å². The second kappa shape index (κ2) is 8.08. The van der Waals surface area contributed by atoms with Crippen molar-refractivity contribution >= 4 is 11.8 Å². The fourth-order valence-electron chi connectivity index (χ4n) is 3.46. The number of hydrogen-bond donors (Lipinski definition) is 1. The Morgan fingerprint density at radius 1 is 0.929 bits per heavy atom. The van der Waals surface area contributed by atoms with Gasteiger partial charge >= 0.3 is 0 Å². The molecule has 6 nitrogen and oxygen atoms in total. The first-order valence-electron chi connectivity index (χ1n) is 9.44. The van der Waals surface area contributed by atoms with Crippen LogP contribution in [0.5, 0.6) is 0 Å². The van der Waals surface area contributed by atoms with Gasteiger partial charge in [0.15, 0.2) is 0 Å². The first-order chi connectivity index (χ1) is 13.7. The SMILES string of the molecule is O=C(NC1CCN(C(=O)c2ccc(-n3ccnc3)cc2)CC1)c1ccccc1. The van der Waals surface area contributed by atoms with Gasteiger partial charge in [-0.05, 0) is 49.2 Å². The third-order valence-corrected chi connectivity index (χ3v) is 5.07. The van der Waals surface area contributed by atoms with Crippen LogP contribution in [0.3, 0.4) is 0 Å². The van der Waals surface area contributed by atoms with E-state index >= 15 is 0 Å². The Balaban J connectivity index is 1.32. The topological polar surface area (TPSA) is 67.2 Å². The Morgan fingerprint density at radius 2 is 1.64 bits per heavy atom. The summed E-state index contributed by atoms with van der Waals surface area (Å²) >= 11 is 0. The standard InChI is InChI=1S/C22H22N4O2/c27-21(17-4-2-1-3-5-17)24-19-10-13-25(14-11-19)22(28)18-6-8-20(9-7-18)26-15-12-23-16-26/h1-9,12,15-16,19H,10-11,13-14H2,(H,24,27). The van der Waals surface area contributed by atoms with Crippen LogP contribution >= 0.6 is 0 Å². The Kier molecular flexibility index (Phi) is 5.19. The van der Waals surface area contributed by atoms with E-state index in [-0.39, 0.29) is 17.9 Å². The third kappa shape index (κ3) is 3.96. The van der Waals surface area contributed by atoms with Crippen LogP contribution in [0.15, 0.2) is 73.3 Å². The molecule has 1 aromatic heterocycles. The maximum atomic E-state index is 12.8. The smallest absolute Gasteiger partial charge is 0.253 e. The van der Waals surface area contributed by atoms with Gasteiger partial charge in [-0.3, -0.25) is 9.59 Å². The van der Waals surface area contributed by atoms with Gasteiger partial charge in [0.05, 0.1) is 6.33 Å². The molecule has 1 aliphatic rings. The monoisotopic (exact) mass is 374 g/mol. The maximum Gasteiger partial charge on any atom is 0.253 e. The number of nitrogens with one attached hydrogen (secondary N) is 1. The molecular weight excluding hydrogens is 352 g/mol. The van der Waals surface area contributed by atoms with E-state index in [4.69, 9.17) is 0 Å². The van der Waals surface area contributed by atoms with Crippen molar-refractivity contribution in [3.05, 3.63) is 84.4 Å². The summed E-state index contributed by atoms with van der Waals surface area (Å²) in [6.45, 7) is 1.28. The number of piperidine rings is 1. The zero-order chi connectivity index (χ0) is 19.3. The Bertz CT molecular complexity index is 928. The average molecular weight is 374 g/mol. The summed E-state index contributed by atoms with van der Waals surface area (Å²) in [5, 5.41) is 3.07. The average Bonchev–Trinajstić information content (AvgIpc) is 3.29. The molecule has 1 fully saturated rings. The first-order valence-corrected chi connectivity index (χ1v) is 9.44. The van der Waals surface area contributed by atoms with Crippen molar-refractivity contribution in [3.63, 3.8) is 0 Å². The second-order valence-electron chi connectivity index (χ2n) is 6.92. The predicted octanol–water partition coefficient (Wildman–Crippen LogP) is 2.91. The van der Waals surface area contributed by atoms with Crippen LogP contribution in [-0.2, 0) is 0 Å². The highest BCUT2D eigenvalue weighted by Gasteiger charge is 2.24. The van der Waals surface area contributed by atoms with Crippen molar-refractivity contribution in [2.45, 2.75) is 18.9 Å². The molecule has 28 heavy (non-hydrogen) atoms. The van der Waals surface area contributed by atoms with Crippen LogP contribution in [0.25, 0.3) is 5.69 Å². The fourth-order valence-corrected chi connectivity index (χ4v) is 3.46. The predicted molar refractivity (Wildman–Crippen MR) is 106 cm³/mol. The zero-order valence-corrected chi connectivity index (χ0v) is 15.5. The van der Waals surface area contributed by atoms with E-state index in [9.17, 15) is 9.59 Å². The van der Waals surface area contributed by atoms with E-state index in [0.717, 1.165) is 18.5 Å². The normalized spacial score (nSPS) is 14.6. The molecule has 0 aliphatic carbocycles. The highest BCUT2D eigenvalue weighted by Crippen LogP contribution is 2.16. The van der Waals surface area contributed by atoms with Gasteiger partial charge in [0.2, 0.25) is 0 Å². The molecule has 1 saturated heterocycles. The largest absolute Gasteiger partial charge is 0.349 e. The summed E-state index contributed by atoms with van der Waals surface area (Å²) in [6, 6.07) is 16.8. The van der Waals surface area contributed by atoms with E-state index < -0.39 is 0 Å². The van der Waals surface area contributed by atoms with Crippen molar-refractivity contribution in [3.8, 4) is 5.69 Å². The first kappa shape index (κ1) is 18.0. The summed E-state index contributed by atoms with van der Waals surface area (Å²) < 4.78 is 1.90. The van der Waals surface area contributed by atoms with Gasteiger partial charge in [0, 0.05) is 48.3 Å². The molecule has 2 aromatic carbocycles. The number of amides is 2. The van der Waals surface area contributed by atoms with Crippen LogP contribution < -0.4 is 5.32 Å². The van der Waals surface area contributed by atoms with Crippen LogP contribution in [-0.4, -0.2) is 45.4 Å². The minimum Gasteiger partial charge on any atom is -0.349 e. The van der Waals surface area contributed by atoms with E-state index in [1.165, 1.54) is 0 Å². The lowest BCUT2D eigenvalue weighted by molar-refractivity contribution is 0.0698. The van der Waals surface area contributed by atoms with Gasteiger partial charge in [-0.2, -0.15) is 0 Å². The number of carbonyl (C=O) groups is 2. The minimum atomic E-state index is -0.0551. The van der Waals surface area contributed by atoms with Crippen molar-refractivity contribution in [2.75, 3.05) is 13.1 Å². The number of aromatic nitrogens is 2. The molecular formula is C22H22N4O2. The number of nitrogens with zero attached hydrogens (tertiary/aromatic N) is 3. The maximum absolute atomic E-state index is 12.8. The van der Waals surface area contributed by atoms with Crippen LogP contribution in [0, 0.1) is 0 Å². The minimum absolute atomic E-state index is 0.0324. The summed E-state index contributed by atoms with van der Waals surface area (Å²) in [4.78, 5) is 30.9. The van der Waals surface area contributed by atoms with Gasteiger partial charge in [-0.15, -0.1) is 0 Å². The third-order valence-electron chi connectivity index (χ3n) is 5.07. The number of hydrogen-bond acceptors (Lipinski definition) is 3. The molecule has 6 heteroatoms. The van der Waals surface area contributed by atoms with E-state index in [2.05, 4.69) is 10.3 Å². The lowest BCUT2D eigenvalue weighted by Gasteiger charge is -2.32. The molecule has 142 valence electrons. The summed E-state index contributed by atoms with van der Waals surface area (Å²) in [7, 11) is 0. The Labute approximate surface area is 163 Å². The molecule has 0 saturated carbocycles. The highest BCUT2D eigenvalue weighted by molar-refractivity contribution is 5.95. The van der Waals surface area contributed by atoms with Crippen LogP contribution in [0.2, 0.25) is 0 Å². The lowest BCUT2D eigenvalue weighted by atomic mass is 10.0. The Morgan fingerprint density at radius 3 is 2.29 bits per heavy atom. The molecule has 1 N–H and O–H groups in total. The zero-order valence-electron chi connectivity index (χ0n) is 15.5. The highest BCUT2D eigenvalue weighted by atomic mass is 16.2. The molecule has 0 atom stereocenters. The molecule has 0 radical (unpaired) electrons. The summed E-state index contributed by atoms with van der Waals surface area (Å²) in [5.74, 6) is -0.0227. The molecule has 2 heterocycles. The molecule has 0 bridgehead atoms. The summed E-state index contributed by atoms with van der Waals surface area (Å²) in [5.41, 5.74) is 2.31.